The maximum Gasteiger partial charge on any atom is 0.00706 e. The topological polar surface area (TPSA) is 0 Å². The molecule has 4 unspecified atom stereocenters. The van der Waals surface area contributed by atoms with Crippen molar-refractivity contribution in [1.29, 1.82) is 0 Å². The number of rotatable bonds is 0. The quantitative estimate of drug-likeness (QED) is 0.494. The summed E-state index contributed by atoms with van der Waals surface area (Å²) in [7, 11) is 0. The molecule has 0 aromatic heterocycles. The lowest BCUT2D eigenvalue weighted by molar-refractivity contribution is 0.232. The molecule has 1 heteroatoms. The Morgan fingerprint density at radius 2 is 1.00 bits per heavy atom. The molecular weight excluding hydrogens is 212 g/mol. The van der Waals surface area contributed by atoms with Gasteiger partial charge in [0.05, 0.1) is 0 Å². The standard InChI is InChI=1S/C9H18S.3C2H6/c1-6-4-5-7(2)9(10)8(6)3;3*1-2/h6-10H,4-5H2,1-3H3;3*1-2H3. The molecule has 0 aromatic carbocycles. The normalized spacial score (nSPS) is 31.9. The molecule has 0 amide bonds. The van der Waals surface area contributed by atoms with E-state index in [2.05, 4.69) is 33.4 Å². The zero-order chi connectivity index (χ0) is 13.7. The fourth-order valence-corrected chi connectivity index (χ4v) is 2.26. The Bertz CT molecular complexity index is 98.0. The second kappa shape index (κ2) is 15.4. The van der Waals surface area contributed by atoms with Crippen LogP contribution in [0.2, 0.25) is 0 Å². The van der Waals surface area contributed by atoms with E-state index in [9.17, 15) is 0 Å². The zero-order valence-electron chi connectivity index (χ0n) is 13.2. The third-order valence-corrected chi connectivity index (χ3v) is 4.08. The van der Waals surface area contributed by atoms with Gasteiger partial charge in [-0.15, -0.1) is 0 Å². The van der Waals surface area contributed by atoms with Gasteiger partial charge < -0.3 is 0 Å². The molecule has 0 bridgehead atoms. The average Bonchev–Trinajstić information content (AvgIpc) is 2.39. The van der Waals surface area contributed by atoms with Crippen LogP contribution in [0.4, 0.5) is 0 Å². The molecule has 1 saturated carbocycles. The van der Waals surface area contributed by atoms with E-state index in [1.165, 1.54) is 12.8 Å². The van der Waals surface area contributed by atoms with Gasteiger partial charge in [-0.25, -0.2) is 0 Å². The smallest absolute Gasteiger partial charge is 0.00706 e. The molecule has 1 rings (SSSR count). The van der Waals surface area contributed by atoms with Crippen LogP contribution in [-0.2, 0) is 0 Å². The van der Waals surface area contributed by atoms with Gasteiger partial charge in [0, 0.05) is 5.25 Å². The molecule has 1 aliphatic carbocycles. The van der Waals surface area contributed by atoms with Gasteiger partial charge in [-0.3, -0.25) is 0 Å². The summed E-state index contributed by atoms with van der Waals surface area (Å²) in [6, 6.07) is 0. The average molecular weight is 249 g/mol. The van der Waals surface area contributed by atoms with E-state index in [0.717, 1.165) is 17.8 Å². The van der Waals surface area contributed by atoms with Gasteiger partial charge in [-0.05, 0) is 24.2 Å². The first kappa shape index (κ1) is 21.6. The van der Waals surface area contributed by atoms with Crippen molar-refractivity contribution in [2.75, 3.05) is 0 Å². The van der Waals surface area contributed by atoms with Crippen LogP contribution in [0.1, 0.15) is 75.2 Å². The predicted molar refractivity (Wildman–Crippen MR) is 83.5 cm³/mol. The fraction of sp³-hybridized carbons (Fsp3) is 1.00. The van der Waals surface area contributed by atoms with Crippen molar-refractivity contribution < 1.29 is 0 Å². The molecule has 0 heterocycles. The highest BCUT2D eigenvalue weighted by Crippen LogP contribution is 2.36. The van der Waals surface area contributed by atoms with Crippen LogP contribution >= 0.6 is 12.6 Å². The van der Waals surface area contributed by atoms with E-state index in [-0.39, 0.29) is 0 Å². The molecule has 0 aliphatic heterocycles. The maximum atomic E-state index is 4.61. The highest BCUT2D eigenvalue weighted by molar-refractivity contribution is 7.81. The second-order valence-corrected chi connectivity index (χ2v) is 4.48. The minimum absolute atomic E-state index is 0.642. The van der Waals surface area contributed by atoms with Gasteiger partial charge in [0.15, 0.2) is 0 Å². The second-order valence-electron chi connectivity index (χ2n) is 3.88. The van der Waals surface area contributed by atoms with Crippen molar-refractivity contribution in [2.45, 2.75) is 80.4 Å². The van der Waals surface area contributed by atoms with Crippen LogP contribution in [-0.4, -0.2) is 5.25 Å². The van der Waals surface area contributed by atoms with E-state index in [4.69, 9.17) is 0 Å². The number of hydrogen-bond donors (Lipinski definition) is 1. The van der Waals surface area contributed by atoms with Gasteiger partial charge in [0.2, 0.25) is 0 Å². The van der Waals surface area contributed by atoms with Gasteiger partial charge in [-0.2, -0.15) is 12.6 Å². The molecule has 0 N–H and O–H groups in total. The molecule has 4 atom stereocenters. The summed E-state index contributed by atoms with van der Waals surface area (Å²) in [6.07, 6.45) is 2.78. The highest BCUT2D eigenvalue weighted by Gasteiger charge is 2.29. The Balaban J connectivity index is -0.000000245. The van der Waals surface area contributed by atoms with Crippen LogP contribution in [0.3, 0.4) is 0 Å². The van der Waals surface area contributed by atoms with E-state index in [0.29, 0.717) is 5.25 Å². The Morgan fingerprint density at radius 3 is 1.31 bits per heavy atom. The van der Waals surface area contributed by atoms with Crippen LogP contribution in [0.25, 0.3) is 0 Å². The lowest BCUT2D eigenvalue weighted by Gasteiger charge is -2.35. The minimum atomic E-state index is 0.642. The molecular formula is C15H36S. The zero-order valence-corrected chi connectivity index (χ0v) is 14.1. The molecule has 0 saturated heterocycles. The Kier molecular flexibility index (Phi) is 20.7. The molecule has 0 spiro atoms. The van der Waals surface area contributed by atoms with Gasteiger partial charge in [-0.1, -0.05) is 68.7 Å². The summed E-state index contributed by atoms with van der Waals surface area (Å²) in [4.78, 5) is 0. The monoisotopic (exact) mass is 248 g/mol. The first-order chi connectivity index (χ1) is 7.63. The summed E-state index contributed by atoms with van der Waals surface area (Å²) < 4.78 is 0. The molecule has 1 aliphatic rings. The molecule has 0 nitrogen and oxygen atoms in total. The Morgan fingerprint density at radius 1 is 0.688 bits per heavy atom. The van der Waals surface area contributed by atoms with Crippen molar-refractivity contribution in [1.82, 2.24) is 0 Å². The summed E-state index contributed by atoms with van der Waals surface area (Å²) in [5, 5.41) is 0.642. The fourth-order valence-electron chi connectivity index (χ4n) is 1.81. The molecule has 16 heavy (non-hydrogen) atoms. The van der Waals surface area contributed by atoms with Crippen LogP contribution < -0.4 is 0 Å². The van der Waals surface area contributed by atoms with E-state index in [1.807, 2.05) is 41.5 Å². The third kappa shape index (κ3) is 8.50. The number of hydrogen-bond acceptors (Lipinski definition) is 1. The van der Waals surface area contributed by atoms with Crippen LogP contribution in [0, 0.1) is 17.8 Å². The summed E-state index contributed by atoms with van der Waals surface area (Å²) in [6.45, 7) is 19.0. The summed E-state index contributed by atoms with van der Waals surface area (Å²) in [5.41, 5.74) is 0. The van der Waals surface area contributed by atoms with Crippen LogP contribution in [0.5, 0.6) is 0 Å². The van der Waals surface area contributed by atoms with Crippen molar-refractivity contribution in [2.24, 2.45) is 17.8 Å². The van der Waals surface area contributed by atoms with Gasteiger partial charge >= 0.3 is 0 Å². The van der Waals surface area contributed by atoms with Crippen molar-refractivity contribution in [3.05, 3.63) is 0 Å². The van der Waals surface area contributed by atoms with Crippen molar-refractivity contribution in [3.8, 4) is 0 Å². The van der Waals surface area contributed by atoms with Crippen LogP contribution in [0.15, 0.2) is 0 Å². The predicted octanol–water partition coefficient (Wildman–Crippen LogP) is 6.07. The van der Waals surface area contributed by atoms with E-state index < -0.39 is 0 Å². The largest absolute Gasteiger partial charge is 0.175 e. The Labute approximate surface area is 111 Å². The third-order valence-electron chi connectivity index (χ3n) is 3.10. The van der Waals surface area contributed by atoms with Gasteiger partial charge in [0.1, 0.15) is 0 Å². The van der Waals surface area contributed by atoms with E-state index >= 15 is 0 Å². The Hall–Kier alpha value is 0.350. The lowest BCUT2D eigenvalue weighted by atomic mass is 9.76. The lowest BCUT2D eigenvalue weighted by Crippen LogP contribution is -2.30. The van der Waals surface area contributed by atoms with E-state index in [1.54, 1.807) is 0 Å². The minimum Gasteiger partial charge on any atom is -0.175 e. The molecule has 102 valence electrons. The van der Waals surface area contributed by atoms with Gasteiger partial charge in [0.25, 0.3) is 0 Å². The maximum absolute atomic E-state index is 4.61. The number of thiol groups is 1. The van der Waals surface area contributed by atoms with Crippen molar-refractivity contribution >= 4 is 12.6 Å². The van der Waals surface area contributed by atoms with Crippen molar-refractivity contribution in [3.63, 3.8) is 0 Å². The first-order valence-electron chi connectivity index (χ1n) is 7.31. The SMILES string of the molecule is CC.CC.CC.CC1CCC(C)C(S)C1C. The first-order valence-corrected chi connectivity index (χ1v) is 7.82. The summed E-state index contributed by atoms with van der Waals surface area (Å²) in [5.74, 6) is 2.53. The summed E-state index contributed by atoms with van der Waals surface area (Å²) >= 11 is 4.61. The molecule has 0 aromatic rings. The molecule has 1 fully saturated rings. The highest BCUT2D eigenvalue weighted by atomic mass is 32.1. The molecule has 0 radical (unpaired) electrons.